The quantitative estimate of drug-likeness (QED) is 0.782. The van der Waals surface area contributed by atoms with Crippen LogP contribution in [0.2, 0.25) is 0 Å². The molecule has 26 heavy (non-hydrogen) atoms. The van der Waals surface area contributed by atoms with Crippen LogP contribution in [-0.2, 0) is 22.6 Å². The van der Waals surface area contributed by atoms with Gasteiger partial charge in [0.25, 0.3) is 0 Å². The summed E-state index contributed by atoms with van der Waals surface area (Å²) in [5.74, 6) is 1.15. The Morgan fingerprint density at radius 1 is 1.12 bits per heavy atom. The van der Waals surface area contributed by atoms with Crippen molar-refractivity contribution >= 4 is 23.2 Å². The molecule has 142 valence electrons. The van der Waals surface area contributed by atoms with Crippen molar-refractivity contribution in [2.24, 2.45) is 5.92 Å². The van der Waals surface area contributed by atoms with Gasteiger partial charge in [0.15, 0.2) is 0 Å². The molecule has 0 spiro atoms. The average molecular weight is 375 g/mol. The molecule has 0 bridgehead atoms. The van der Waals surface area contributed by atoms with Crippen molar-refractivity contribution in [3.63, 3.8) is 0 Å². The molecular formula is C21H30N2O2S. The van der Waals surface area contributed by atoms with Gasteiger partial charge >= 0.3 is 0 Å². The molecule has 4 nitrogen and oxygen atoms in total. The molecule has 0 unspecified atom stereocenters. The summed E-state index contributed by atoms with van der Waals surface area (Å²) in [5, 5.41) is 2.11. The van der Waals surface area contributed by atoms with E-state index < -0.39 is 0 Å². The van der Waals surface area contributed by atoms with Gasteiger partial charge < -0.3 is 9.80 Å². The third-order valence-corrected chi connectivity index (χ3v) is 7.34. The van der Waals surface area contributed by atoms with E-state index in [2.05, 4.69) is 23.3 Å². The maximum Gasteiger partial charge on any atom is 0.223 e. The Morgan fingerprint density at radius 2 is 1.81 bits per heavy atom. The molecule has 1 aromatic heterocycles. The molecular weight excluding hydrogens is 344 g/mol. The molecule has 0 saturated heterocycles. The van der Waals surface area contributed by atoms with Gasteiger partial charge in [-0.2, -0.15) is 0 Å². The molecule has 1 aliphatic heterocycles. The predicted octanol–water partition coefficient (Wildman–Crippen LogP) is 3.98. The molecule has 2 heterocycles. The van der Waals surface area contributed by atoms with E-state index in [0.717, 1.165) is 51.1 Å². The van der Waals surface area contributed by atoms with Crippen molar-refractivity contribution in [1.29, 1.82) is 0 Å². The number of carbonyl (C=O) groups excluding carboxylic acids is 2. The number of hydrogen-bond acceptors (Lipinski definition) is 3. The van der Waals surface area contributed by atoms with E-state index in [1.807, 2.05) is 4.90 Å². The van der Waals surface area contributed by atoms with Crippen LogP contribution in [0.15, 0.2) is 11.4 Å². The zero-order valence-electron chi connectivity index (χ0n) is 15.8. The van der Waals surface area contributed by atoms with Gasteiger partial charge in [0.05, 0.1) is 0 Å². The van der Waals surface area contributed by atoms with Gasteiger partial charge in [-0.1, -0.05) is 6.92 Å². The molecule has 0 N–H and O–H groups in total. The summed E-state index contributed by atoms with van der Waals surface area (Å²) in [6.07, 6.45) is 8.76. The molecule has 1 aromatic rings. The van der Waals surface area contributed by atoms with E-state index in [0.29, 0.717) is 24.9 Å². The van der Waals surface area contributed by atoms with Crippen LogP contribution >= 0.6 is 11.3 Å². The number of amides is 2. The third kappa shape index (κ3) is 3.98. The smallest absolute Gasteiger partial charge is 0.223 e. The second-order valence-corrected chi connectivity index (χ2v) is 9.38. The average Bonchev–Trinajstić information content (AvgIpc) is 3.36. The topological polar surface area (TPSA) is 40.6 Å². The first-order valence-corrected chi connectivity index (χ1v) is 11.1. The van der Waals surface area contributed by atoms with Gasteiger partial charge in [-0.3, -0.25) is 9.59 Å². The van der Waals surface area contributed by atoms with Crippen molar-refractivity contribution in [3.8, 4) is 0 Å². The molecule has 0 aromatic carbocycles. The number of nitrogens with zero attached hydrogens (tertiary/aromatic N) is 2. The highest BCUT2D eigenvalue weighted by Gasteiger charge is 2.38. The largest absolute Gasteiger partial charge is 0.338 e. The summed E-state index contributed by atoms with van der Waals surface area (Å²) in [6, 6.07) is 3.01. The Balaban J connectivity index is 1.30. The zero-order valence-corrected chi connectivity index (χ0v) is 16.6. The van der Waals surface area contributed by atoms with E-state index >= 15 is 0 Å². The summed E-state index contributed by atoms with van der Waals surface area (Å²) >= 11 is 1.79. The van der Waals surface area contributed by atoms with Gasteiger partial charge in [-0.05, 0) is 67.9 Å². The molecule has 2 aliphatic carbocycles. The highest BCUT2D eigenvalue weighted by Crippen LogP contribution is 2.36. The minimum atomic E-state index is 0.142. The Bertz CT molecular complexity index is 659. The predicted molar refractivity (Wildman–Crippen MR) is 104 cm³/mol. The first-order valence-electron chi connectivity index (χ1n) is 10.3. The highest BCUT2D eigenvalue weighted by atomic mass is 32.1. The van der Waals surface area contributed by atoms with Crippen molar-refractivity contribution in [2.45, 2.75) is 83.3 Å². The van der Waals surface area contributed by atoms with E-state index in [4.69, 9.17) is 0 Å². The second-order valence-electron chi connectivity index (χ2n) is 8.38. The molecule has 2 saturated carbocycles. The minimum Gasteiger partial charge on any atom is -0.338 e. The summed E-state index contributed by atoms with van der Waals surface area (Å²) < 4.78 is 0. The maximum atomic E-state index is 12.9. The third-order valence-electron chi connectivity index (χ3n) is 6.32. The number of hydrogen-bond donors (Lipinski definition) is 0. The molecule has 5 heteroatoms. The Labute approximate surface area is 160 Å². The van der Waals surface area contributed by atoms with Gasteiger partial charge in [-0.15, -0.1) is 11.3 Å². The molecule has 4 rings (SSSR count). The van der Waals surface area contributed by atoms with Crippen molar-refractivity contribution < 1.29 is 9.59 Å². The van der Waals surface area contributed by atoms with Crippen LogP contribution in [0.3, 0.4) is 0 Å². The van der Waals surface area contributed by atoms with Gasteiger partial charge in [0.1, 0.15) is 0 Å². The van der Waals surface area contributed by atoms with Crippen molar-refractivity contribution in [1.82, 2.24) is 9.80 Å². The molecule has 3 aliphatic rings. The SMILES string of the molecule is CC1CCC(N(C(=O)CCC(=O)N2CCc3sccc3C2)C2CC2)CC1. The standard InChI is InChI=1S/C21H30N2O2S/c1-15-2-4-17(5-3-15)23(18-6-7-18)21(25)9-8-20(24)22-12-10-19-16(14-22)11-13-26-19/h11,13,15,17-18H,2-10,12,14H2,1H3. The molecule has 2 fully saturated rings. The monoisotopic (exact) mass is 374 g/mol. The molecule has 0 atom stereocenters. The highest BCUT2D eigenvalue weighted by molar-refractivity contribution is 7.10. The van der Waals surface area contributed by atoms with E-state index in [1.54, 1.807) is 11.3 Å². The van der Waals surface area contributed by atoms with E-state index in [-0.39, 0.29) is 11.8 Å². The van der Waals surface area contributed by atoms with Crippen LogP contribution in [0.1, 0.15) is 68.7 Å². The van der Waals surface area contributed by atoms with Crippen LogP contribution in [0, 0.1) is 5.92 Å². The summed E-state index contributed by atoms with van der Waals surface area (Å²) in [5.41, 5.74) is 1.29. The summed E-state index contributed by atoms with van der Waals surface area (Å²) in [6.45, 7) is 3.84. The zero-order chi connectivity index (χ0) is 18.1. The Morgan fingerprint density at radius 3 is 2.50 bits per heavy atom. The molecule has 2 amide bonds. The van der Waals surface area contributed by atoms with Crippen LogP contribution < -0.4 is 0 Å². The van der Waals surface area contributed by atoms with Crippen LogP contribution in [-0.4, -0.2) is 40.2 Å². The maximum absolute atomic E-state index is 12.9. The first kappa shape index (κ1) is 18.0. The Kier molecular flexibility index (Phi) is 5.35. The van der Waals surface area contributed by atoms with Crippen molar-refractivity contribution in [2.75, 3.05) is 6.54 Å². The fourth-order valence-electron chi connectivity index (χ4n) is 4.54. The van der Waals surface area contributed by atoms with Crippen molar-refractivity contribution in [3.05, 3.63) is 21.9 Å². The number of fused-ring (bicyclic) bond motifs is 1. The normalized spacial score (nSPS) is 25.7. The summed E-state index contributed by atoms with van der Waals surface area (Å²) in [4.78, 5) is 31.0. The lowest BCUT2D eigenvalue weighted by molar-refractivity contribution is -0.139. The minimum absolute atomic E-state index is 0.142. The fourth-order valence-corrected chi connectivity index (χ4v) is 5.43. The van der Waals surface area contributed by atoms with Gasteiger partial charge in [-0.25, -0.2) is 0 Å². The lowest BCUT2D eigenvalue weighted by Gasteiger charge is -2.36. The lowest BCUT2D eigenvalue weighted by atomic mass is 9.86. The van der Waals surface area contributed by atoms with Gasteiger partial charge in [0, 0.05) is 42.9 Å². The molecule has 0 radical (unpaired) electrons. The van der Waals surface area contributed by atoms with E-state index in [9.17, 15) is 9.59 Å². The Hall–Kier alpha value is -1.36. The second kappa shape index (κ2) is 7.71. The number of carbonyl (C=O) groups is 2. The van der Waals surface area contributed by atoms with Crippen LogP contribution in [0.5, 0.6) is 0 Å². The van der Waals surface area contributed by atoms with Gasteiger partial charge in [0.2, 0.25) is 11.8 Å². The fraction of sp³-hybridized carbons (Fsp3) is 0.714. The lowest BCUT2D eigenvalue weighted by Crippen LogP contribution is -2.44. The summed E-state index contributed by atoms with van der Waals surface area (Å²) in [7, 11) is 0. The number of thiophene rings is 1. The van der Waals surface area contributed by atoms with Crippen LogP contribution in [0.4, 0.5) is 0 Å². The first-order chi connectivity index (χ1) is 12.6. The number of rotatable bonds is 5. The van der Waals surface area contributed by atoms with Crippen LogP contribution in [0.25, 0.3) is 0 Å². The van der Waals surface area contributed by atoms with E-state index in [1.165, 1.54) is 23.3 Å².